The molecule has 2 amide bonds. The number of likely N-dealkylation sites (tertiary alicyclic amines) is 1. The fourth-order valence-corrected chi connectivity index (χ4v) is 6.92. The first-order valence-corrected chi connectivity index (χ1v) is 16.9. The van der Waals surface area contributed by atoms with Crippen LogP contribution in [0.3, 0.4) is 0 Å². The number of aromatic amines is 1. The lowest BCUT2D eigenvalue weighted by atomic mass is 9.83. The van der Waals surface area contributed by atoms with Crippen molar-refractivity contribution in [3.8, 4) is 22.6 Å². The predicted molar refractivity (Wildman–Crippen MR) is 188 cm³/mol. The molecule has 10 nitrogen and oxygen atoms in total. The second-order valence-corrected chi connectivity index (χ2v) is 12.9. The second kappa shape index (κ2) is 13.7. The third-order valence-electron chi connectivity index (χ3n) is 9.92. The number of aromatic nitrogens is 5. The van der Waals surface area contributed by atoms with Gasteiger partial charge in [0.1, 0.15) is 11.5 Å². The van der Waals surface area contributed by atoms with E-state index >= 15 is 4.39 Å². The van der Waals surface area contributed by atoms with Crippen LogP contribution in [0.4, 0.5) is 10.1 Å². The summed E-state index contributed by atoms with van der Waals surface area (Å²) in [6.45, 7) is 6.45. The Kier molecular flexibility index (Phi) is 9.01. The zero-order valence-corrected chi connectivity index (χ0v) is 27.7. The number of carbonyl (C=O) groups is 2. The third kappa shape index (κ3) is 6.58. The van der Waals surface area contributed by atoms with Crippen LogP contribution in [0.5, 0.6) is 0 Å². The van der Waals surface area contributed by atoms with Crippen LogP contribution in [0.2, 0.25) is 0 Å². The molecule has 11 heteroatoms. The summed E-state index contributed by atoms with van der Waals surface area (Å²) in [7, 11) is 0. The molecular weight excluding hydrogens is 619 g/mol. The Morgan fingerprint density at radius 1 is 0.980 bits per heavy atom. The number of halogens is 1. The number of anilines is 1. The van der Waals surface area contributed by atoms with Crippen molar-refractivity contribution in [2.45, 2.75) is 39.5 Å². The summed E-state index contributed by atoms with van der Waals surface area (Å²) in [5.41, 5.74) is 5.83. The smallest absolute Gasteiger partial charge is 0.237 e. The summed E-state index contributed by atoms with van der Waals surface area (Å²) >= 11 is 0. The van der Waals surface area contributed by atoms with Gasteiger partial charge in [-0.2, -0.15) is 5.10 Å². The number of nitrogens with one attached hydrogen (secondary N) is 2. The van der Waals surface area contributed by atoms with E-state index in [4.69, 9.17) is 0 Å². The van der Waals surface area contributed by atoms with E-state index < -0.39 is 5.41 Å². The maximum absolute atomic E-state index is 15.1. The number of pyridine rings is 1. The van der Waals surface area contributed by atoms with Crippen LogP contribution in [-0.4, -0.2) is 79.5 Å². The molecule has 5 heterocycles. The topological polar surface area (TPSA) is 120 Å². The lowest BCUT2D eigenvalue weighted by Gasteiger charge is -2.30. The average molecular weight is 659 g/mol. The summed E-state index contributed by atoms with van der Waals surface area (Å²) in [6.07, 6.45) is 9.73. The van der Waals surface area contributed by atoms with E-state index in [1.54, 1.807) is 30.7 Å². The molecule has 250 valence electrons. The van der Waals surface area contributed by atoms with Gasteiger partial charge in [-0.1, -0.05) is 32.1 Å². The van der Waals surface area contributed by atoms with Gasteiger partial charge in [-0.25, -0.2) is 14.4 Å². The van der Waals surface area contributed by atoms with Crippen molar-refractivity contribution < 1.29 is 14.0 Å². The highest BCUT2D eigenvalue weighted by Gasteiger charge is 2.43. The first-order chi connectivity index (χ1) is 23.9. The maximum atomic E-state index is 15.1. The monoisotopic (exact) mass is 658 g/mol. The minimum absolute atomic E-state index is 0.0138. The Labute approximate surface area is 284 Å². The van der Waals surface area contributed by atoms with Crippen LogP contribution >= 0.6 is 0 Å². The third-order valence-corrected chi connectivity index (χ3v) is 9.92. The molecule has 3 aromatic heterocycles. The molecule has 49 heavy (non-hydrogen) atoms. The average Bonchev–Trinajstić information content (AvgIpc) is 3.77. The fraction of sp³-hybridized carbons (Fsp3) is 0.316. The number of H-pyrrole nitrogens is 1. The van der Waals surface area contributed by atoms with E-state index in [1.165, 1.54) is 6.07 Å². The Morgan fingerprint density at radius 2 is 1.84 bits per heavy atom. The van der Waals surface area contributed by atoms with E-state index in [9.17, 15) is 9.59 Å². The first-order valence-electron chi connectivity index (χ1n) is 16.9. The Balaban J connectivity index is 0.973. The van der Waals surface area contributed by atoms with E-state index in [-0.39, 0.29) is 24.2 Å². The molecule has 5 aromatic rings. The molecule has 2 aromatic carbocycles. The van der Waals surface area contributed by atoms with Gasteiger partial charge in [0.05, 0.1) is 17.5 Å². The molecule has 1 saturated heterocycles. The minimum Gasteiger partial charge on any atom is -0.338 e. The number of benzene rings is 2. The molecule has 0 bridgehead atoms. The van der Waals surface area contributed by atoms with Crippen molar-refractivity contribution in [2.24, 2.45) is 5.41 Å². The zero-order valence-electron chi connectivity index (χ0n) is 27.7. The Hall–Kier alpha value is -5.29. The summed E-state index contributed by atoms with van der Waals surface area (Å²) in [5, 5.41) is 11.7. The largest absolute Gasteiger partial charge is 0.338 e. The highest BCUT2D eigenvalue weighted by Crippen LogP contribution is 2.36. The van der Waals surface area contributed by atoms with Gasteiger partial charge >= 0.3 is 0 Å². The van der Waals surface area contributed by atoms with Crippen LogP contribution in [0.15, 0.2) is 79.3 Å². The molecule has 0 radical (unpaired) electrons. The van der Waals surface area contributed by atoms with Gasteiger partial charge in [-0.05, 0) is 80.3 Å². The highest BCUT2D eigenvalue weighted by atomic mass is 19.1. The van der Waals surface area contributed by atoms with Crippen molar-refractivity contribution in [3.63, 3.8) is 0 Å². The van der Waals surface area contributed by atoms with Crippen LogP contribution in [0.1, 0.15) is 44.4 Å². The van der Waals surface area contributed by atoms with Gasteiger partial charge in [0.15, 0.2) is 5.82 Å². The van der Waals surface area contributed by atoms with Crippen LogP contribution in [0, 0.1) is 11.2 Å². The van der Waals surface area contributed by atoms with E-state index in [1.807, 2.05) is 54.3 Å². The number of hydrogen-bond donors (Lipinski definition) is 2. The lowest BCUT2D eigenvalue weighted by Crippen LogP contribution is -2.43. The molecular formula is C38H39FN8O2. The first kappa shape index (κ1) is 32.3. The molecule has 0 aliphatic carbocycles. The Morgan fingerprint density at radius 3 is 2.59 bits per heavy atom. The van der Waals surface area contributed by atoms with Gasteiger partial charge in [0, 0.05) is 71.7 Å². The van der Waals surface area contributed by atoms with Crippen molar-refractivity contribution in [3.05, 3.63) is 96.3 Å². The Bertz CT molecular complexity index is 2040. The molecule has 7 rings (SSSR count). The van der Waals surface area contributed by atoms with Crippen molar-refractivity contribution in [2.75, 3.05) is 38.0 Å². The van der Waals surface area contributed by atoms with Gasteiger partial charge in [0.2, 0.25) is 11.8 Å². The molecule has 2 aliphatic heterocycles. The standard InChI is InChI=1S/C38H39FN8O2/c1-3-28-20-26(10-16-40-28)35-31-22-29(7-9-33(31)44-45-35)43-37(49)38(4-2)13-19-46(24-38)23-34(48)47-17-11-25(12-18-47)30-8-6-27(21-32(30)39)36-41-14-5-15-42-36/h5-11,14-16,20-22H,3-4,12-13,17-19,23-24H2,1-2H3,(H,43,49)(H,44,45)/t38-/m1/s1. The second-order valence-electron chi connectivity index (χ2n) is 12.9. The highest BCUT2D eigenvalue weighted by molar-refractivity contribution is 6.00. The van der Waals surface area contributed by atoms with Crippen LogP contribution < -0.4 is 5.32 Å². The van der Waals surface area contributed by atoms with E-state index in [0.29, 0.717) is 68.1 Å². The SMILES string of the molecule is CCc1cc(-c2n[nH]c3ccc(NC(=O)[C@]4(CC)CCN(CC(=O)N5CC=C(c6ccc(-c7ncccn7)cc6F)CC5)C4)cc23)ccn1. The number of rotatable bonds is 9. The maximum Gasteiger partial charge on any atom is 0.237 e. The number of aryl methyl sites for hydroxylation is 1. The van der Waals surface area contributed by atoms with Crippen molar-refractivity contribution in [1.29, 1.82) is 0 Å². The predicted octanol–water partition coefficient (Wildman–Crippen LogP) is 6.14. The van der Waals surface area contributed by atoms with Gasteiger partial charge < -0.3 is 10.2 Å². The molecule has 0 spiro atoms. The number of hydrogen-bond acceptors (Lipinski definition) is 7. The number of nitrogens with zero attached hydrogens (tertiary/aromatic N) is 6. The number of fused-ring (bicyclic) bond motifs is 1. The zero-order chi connectivity index (χ0) is 34.0. The quantitative estimate of drug-likeness (QED) is 0.195. The minimum atomic E-state index is -0.598. The summed E-state index contributed by atoms with van der Waals surface area (Å²) < 4.78 is 15.1. The summed E-state index contributed by atoms with van der Waals surface area (Å²) in [6, 6.07) is 16.6. The van der Waals surface area contributed by atoms with Gasteiger partial charge in [-0.15, -0.1) is 0 Å². The summed E-state index contributed by atoms with van der Waals surface area (Å²) in [5.74, 6) is 0.126. The van der Waals surface area contributed by atoms with E-state index in [0.717, 1.165) is 39.8 Å². The van der Waals surface area contributed by atoms with Gasteiger partial charge in [-0.3, -0.25) is 24.6 Å². The van der Waals surface area contributed by atoms with Gasteiger partial charge in [0.25, 0.3) is 0 Å². The number of amides is 2. The summed E-state index contributed by atoms with van der Waals surface area (Å²) in [4.78, 5) is 43.9. The molecule has 0 saturated carbocycles. The lowest BCUT2D eigenvalue weighted by molar-refractivity contribution is -0.132. The molecule has 2 N–H and O–H groups in total. The molecule has 2 aliphatic rings. The van der Waals surface area contributed by atoms with Crippen LogP contribution in [0.25, 0.3) is 39.1 Å². The normalized spacial score (nSPS) is 18.1. The molecule has 0 unspecified atom stereocenters. The van der Waals surface area contributed by atoms with Crippen molar-refractivity contribution in [1.82, 2.24) is 34.9 Å². The number of carbonyl (C=O) groups excluding carboxylic acids is 2. The van der Waals surface area contributed by atoms with Crippen LogP contribution in [-0.2, 0) is 16.0 Å². The molecule has 1 fully saturated rings. The molecule has 1 atom stereocenters. The van der Waals surface area contributed by atoms with E-state index in [2.05, 4.69) is 42.3 Å². The van der Waals surface area contributed by atoms with Crippen molar-refractivity contribution >= 4 is 34.0 Å². The fourth-order valence-electron chi connectivity index (χ4n) is 6.92.